The van der Waals surface area contributed by atoms with Gasteiger partial charge >= 0.3 is 0 Å². The molecule has 1 aromatic heterocycles. The molecule has 2 aliphatic rings. The van der Waals surface area contributed by atoms with Crippen molar-refractivity contribution in [3.8, 4) is 5.69 Å². The lowest BCUT2D eigenvalue weighted by Gasteiger charge is -2.45. The predicted molar refractivity (Wildman–Crippen MR) is 103 cm³/mol. The van der Waals surface area contributed by atoms with Gasteiger partial charge in [0.15, 0.2) is 0 Å². The summed E-state index contributed by atoms with van der Waals surface area (Å²) in [5.41, 5.74) is 8.50. The quantitative estimate of drug-likeness (QED) is 0.866. The lowest BCUT2D eigenvalue weighted by molar-refractivity contribution is 0.0755. The number of hydrogen-bond acceptors (Lipinski definition) is 3. The Labute approximate surface area is 158 Å². The van der Waals surface area contributed by atoms with E-state index in [1.807, 2.05) is 31.2 Å². The maximum absolute atomic E-state index is 12.9. The van der Waals surface area contributed by atoms with Crippen molar-refractivity contribution in [3.63, 3.8) is 0 Å². The number of carbonyl (C=O) groups excluding carboxylic acids is 1. The lowest BCUT2D eigenvalue weighted by atomic mass is 9.67. The molecule has 2 atom stereocenters. The number of amides is 1. The van der Waals surface area contributed by atoms with E-state index in [0.717, 1.165) is 37.1 Å². The molecular formula is C20H25ClN4O. The van der Waals surface area contributed by atoms with Crippen molar-refractivity contribution < 1.29 is 4.79 Å². The molecule has 2 fully saturated rings. The van der Waals surface area contributed by atoms with Gasteiger partial charge in [-0.15, -0.1) is 0 Å². The third-order valence-corrected chi connectivity index (χ3v) is 6.22. The van der Waals surface area contributed by atoms with Crippen LogP contribution in [0.2, 0.25) is 5.02 Å². The number of aromatic nitrogens is 2. The van der Waals surface area contributed by atoms with Gasteiger partial charge in [-0.25, -0.2) is 4.68 Å². The molecule has 138 valence electrons. The van der Waals surface area contributed by atoms with Gasteiger partial charge in [0.25, 0.3) is 5.91 Å². The zero-order chi connectivity index (χ0) is 18.3. The first-order valence-electron chi connectivity index (χ1n) is 9.40. The van der Waals surface area contributed by atoms with Crippen molar-refractivity contribution in [2.45, 2.75) is 51.1 Å². The monoisotopic (exact) mass is 372 g/mol. The van der Waals surface area contributed by atoms with Crippen LogP contribution in [0.15, 0.2) is 30.5 Å². The van der Waals surface area contributed by atoms with Crippen molar-refractivity contribution in [3.05, 3.63) is 46.7 Å². The molecule has 3 N–H and O–H groups in total. The van der Waals surface area contributed by atoms with E-state index in [0.29, 0.717) is 22.4 Å². The molecule has 0 saturated heterocycles. The Bertz CT molecular complexity index is 804. The Kier molecular flexibility index (Phi) is 4.76. The second kappa shape index (κ2) is 7.05. The standard InChI is InChI=1S/C20H25ClN4O/c1-12-18(11-23-25(12)17-7-3-6-15(21)10-17)20(26)24-19-13-4-2-5-14(19)9-16(22)8-13/h3,6-7,10-11,13-14,16,19H,2,4-5,8-9,22H2,1H3,(H,24,26). The fraction of sp³-hybridized carbons (Fsp3) is 0.500. The van der Waals surface area contributed by atoms with Crippen molar-refractivity contribution in [2.75, 3.05) is 0 Å². The predicted octanol–water partition coefficient (Wildman–Crippen LogP) is 3.47. The van der Waals surface area contributed by atoms with Crippen LogP contribution in [0, 0.1) is 18.8 Å². The third-order valence-electron chi connectivity index (χ3n) is 5.98. The molecule has 2 saturated carbocycles. The molecule has 4 rings (SSSR count). The van der Waals surface area contributed by atoms with Gasteiger partial charge < -0.3 is 11.1 Å². The average molecular weight is 373 g/mol. The van der Waals surface area contributed by atoms with Crippen LogP contribution in [0.4, 0.5) is 0 Å². The van der Waals surface area contributed by atoms with Crippen LogP contribution in [0.25, 0.3) is 5.69 Å². The highest BCUT2D eigenvalue weighted by Gasteiger charge is 2.40. The first-order chi connectivity index (χ1) is 12.5. The Morgan fingerprint density at radius 1 is 1.31 bits per heavy atom. The number of rotatable bonds is 3. The Hall–Kier alpha value is -1.85. The van der Waals surface area contributed by atoms with Gasteiger partial charge in [0.05, 0.1) is 23.1 Å². The molecule has 2 aromatic rings. The molecule has 5 nitrogen and oxygen atoms in total. The second-order valence-corrected chi connectivity index (χ2v) is 8.15. The SMILES string of the molecule is Cc1c(C(=O)NC2C3CCCC2CC(N)C3)cnn1-c1cccc(Cl)c1. The summed E-state index contributed by atoms with van der Waals surface area (Å²) in [6, 6.07) is 8.00. The largest absolute Gasteiger partial charge is 0.349 e. The summed E-state index contributed by atoms with van der Waals surface area (Å²) < 4.78 is 1.76. The Morgan fingerprint density at radius 3 is 2.73 bits per heavy atom. The maximum atomic E-state index is 12.9. The van der Waals surface area contributed by atoms with E-state index in [4.69, 9.17) is 17.3 Å². The van der Waals surface area contributed by atoms with Gasteiger partial charge in [0, 0.05) is 17.1 Å². The van der Waals surface area contributed by atoms with Crippen LogP contribution >= 0.6 is 11.6 Å². The van der Waals surface area contributed by atoms with Crippen molar-refractivity contribution in [2.24, 2.45) is 17.6 Å². The Balaban J connectivity index is 1.54. The topological polar surface area (TPSA) is 72.9 Å². The van der Waals surface area contributed by atoms with E-state index >= 15 is 0 Å². The van der Waals surface area contributed by atoms with Crippen LogP contribution in [-0.4, -0.2) is 27.8 Å². The first kappa shape index (κ1) is 17.6. The molecule has 2 unspecified atom stereocenters. The number of nitrogens with two attached hydrogens (primary N) is 1. The Morgan fingerprint density at radius 2 is 2.04 bits per heavy atom. The van der Waals surface area contributed by atoms with Gasteiger partial charge in [-0.05, 0) is 62.6 Å². The molecule has 0 radical (unpaired) electrons. The van der Waals surface area contributed by atoms with Crippen molar-refractivity contribution >= 4 is 17.5 Å². The van der Waals surface area contributed by atoms with E-state index in [-0.39, 0.29) is 18.0 Å². The van der Waals surface area contributed by atoms with Crippen LogP contribution in [0.3, 0.4) is 0 Å². The average Bonchev–Trinajstić information content (AvgIpc) is 2.97. The minimum absolute atomic E-state index is 0.0341. The van der Waals surface area contributed by atoms with E-state index in [1.54, 1.807) is 10.9 Å². The maximum Gasteiger partial charge on any atom is 0.254 e. The summed E-state index contributed by atoms with van der Waals surface area (Å²) >= 11 is 6.08. The lowest BCUT2D eigenvalue weighted by Crippen LogP contribution is -2.53. The number of fused-ring (bicyclic) bond motifs is 2. The smallest absolute Gasteiger partial charge is 0.254 e. The van der Waals surface area contributed by atoms with Crippen LogP contribution in [-0.2, 0) is 0 Å². The number of hydrogen-bond donors (Lipinski definition) is 2. The molecule has 0 aliphatic heterocycles. The molecule has 1 amide bonds. The van der Waals surface area contributed by atoms with E-state index in [9.17, 15) is 4.79 Å². The van der Waals surface area contributed by atoms with Gasteiger partial charge in [-0.3, -0.25) is 4.79 Å². The zero-order valence-electron chi connectivity index (χ0n) is 15.0. The normalized spacial score (nSPS) is 28.0. The number of carbonyl (C=O) groups is 1. The molecule has 6 heteroatoms. The zero-order valence-corrected chi connectivity index (χ0v) is 15.7. The summed E-state index contributed by atoms with van der Waals surface area (Å²) in [7, 11) is 0. The minimum Gasteiger partial charge on any atom is -0.349 e. The van der Waals surface area contributed by atoms with Gasteiger partial charge in [-0.1, -0.05) is 24.1 Å². The van der Waals surface area contributed by atoms with Crippen LogP contribution in [0.1, 0.15) is 48.2 Å². The van der Waals surface area contributed by atoms with E-state index < -0.39 is 0 Å². The second-order valence-electron chi connectivity index (χ2n) is 7.72. The molecule has 1 aromatic carbocycles. The minimum atomic E-state index is -0.0341. The molecule has 2 aliphatic carbocycles. The molecule has 1 heterocycles. The summed E-state index contributed by atoms with van der Waals surface area (Å²) in [6.07, 6.45) is 7.26. The van der Waals surface area contributed by atoms with Gasteiger partial charge in [-0.2, -0.15) is 5.10 Å². The van der Waals surface area contributed by atoms with E-state index in [1.165, 1.54) is 6.42 Å². The summed E-state index contributed by atoms with van der Waals surface area (Å²) in [4.78, 5) is 12.9. The van der Waals surface area contributed by atoms with Gasteiger partial charge in [0.2, 0.25) is 0 Å². The van der Waals surface area contributed by atoms with Crippen LogP contribution in [0.5, 0.6) is 0 Å². The summed E-state index contributed by atoms with van der Waals surface area (Å²) in [6.45, 7) is 1.92. The fourth-order valence-electron chi connectivity index (χ4n) is 4.75. The van der Waals surface area contributed by atoms with Gasteiger partial charge in [0.1, 0.15) is 0 Å². The van der Waals surface area contributed by atoms with Crippen LogP contribution < -0.4 is 11.1 Å². The fourth-order valence-corrected chi connectivity index (χ4v) is 4.94. The number of halogens is 1. The molecule has 0 spiro atoms. The number of nitrogens with one attached hydrogen (secondary N) is 1. The summed E-state index contributed by atoms with van der Waals surface area (Å²) in [5, 5.41) is 8.35. The van der Waals surface area contributed by atoms with Crippen molar-refractivity contribution in [1.82, 2.24) is 15.1 Å². The third kappa shape index (κ3) is 3.26. The highest BCUT2D eigenvalue weighted by Crippen LogP contribution is 2.39. The summed E-state index contributed by atoms with van der Waals surface area (Å²) in [5.74, 6) is 0.975. The number of nitrogens with zero attached hydrogens (tertiary/aromatic N) is 2. The number of benzene rings is 1. The molecular weight excluding hydrogens is 348 g/mol. The highest BCUT2D eigenvalue weighted by molar-refractivity contribution is 6.30. The highest BCUT2D eigenvalue weighted by atomic mass is 35.5. The van der Waals surface area contributed by atoms with Crippen molar-refractivity contribution in [1.29, 1.82) is 0 Å². The van der Waals surface area contributed by atoms with E-state index in [2.05, 4.69) is 10.4 Å². The molecule has 2 bridgehead atoms. The first-order valence-corrected chi connectivity index (χ1v) is 9.77. The molecule has 26 heavy (non-hydrogen) atoms.